The number of nitrogens with one attached hydrogen (secondary N) is 1. The highest BCUT2D eigenvalue weighted by Crippen LogP contribution is 2.32. The van der Waals surface area contributed by atoms with Crippen LogP contribution in [0.2, 0.25) is 0 Å². The van der Waals surface area contributed by atoms with Crippen molar-refractivity contribution < 1.29 is 9.21 Å². The molecule has 0 aliphatic carbocycles. The molecule has 0 saturated carbocycles. The Hall–Kier alpha value is -4.71. The van der Waals surface area contributed by atoms with Gasteiger partial charge in [0.05, 0.1) is 5.56 Å². The van der Waals surface area contributed by atoms with E-state index in [1.807, 2.05) is 108 Å². The van der Waals surface area contributed by atoms with Crippen LogP contribution in [0, 0.1) is 0 Å². The number of nitrogens with zero attached hydrogens (tertiary/aromatic N) is 3. The van der Waals surface area contributed by atoms with Gasteiger partial charge in [0.15, 0.2) is 0 Å². The van der Waals surface area contributed by atoms with E-state index in [1.54, 1.807) is 0 Å². The summed E-state index contributed by atoms with van der Waals surface area (Å²) in [5.41, 5.74) is 3.37. The quantitative estimate of drug-likeness (QED) is 0.346. The highest BCUT2D eigenvalue weighted by molar-refractivity contribution is 6.03. The molecule has 6 rings (SSSR count). The molecule has 0 aliphatic rings. The fourth-order valence-electron chi connectivity index (χ4n) is 4.26. The van der Waals surface area contributed by atoms with Crippen LogP contribution in [0.5, 0.6) is 0 Å². The maximum absolute atomic E-state index is 13.0. The Balaban J connectivity index is 1.32. The molecule has 1 N–H and O–H groups in total. The molecule has 2 heterocycles. The summed E-state index contributed by atoms with van der Waals surface area (Å²) in [5.74, 6) is 0.767. The standard InChI is InChI=1S/C28H20N4O2/c33-26(29-24-15-8-12-19-9-4-5-13-21(19)24)18-32-17-23(22-14-6-7-16-25(22)32)28-31-30-27(34-28)20-10-2-1-3-11-20/h1-17H,18H2,(H,29,33). The van der Waals surface area contributed by atoms with E-state index in [9.17, 15) is 4.79 Å². The SMILES string of the molecule is O=C(Cn1cc(-c2nnc(-c3ccccc3)o2)c2ccccc21)Nc1cccc2ccccc12. The zero-order chi connectivity index (χ0) is 22.9. The van der Waals surface area contributed by atoms with Crippen LogP contribution >= 0.6 is 0 Å². The van der Waals surface area contributed by atoms with Gasteiger partial charge in [-0.15, -0.1) is 10.2 Å². The molecule has 0 aliphatic heterocycles. The molecule has 0 saturated heterocycles. The lowest BCUT2D eigenvalue weighted by Gasteiger charge is -2.10. The average molecular weight is 444 g/mol. The summed E-state index contributed by atoms with van der Waals surface area (Å²) in [7, 11) is 0. The van der Waals surface area contributed by atoms with Gasteiger partial charge in [-0.3, -0.25) is 4.79 Å². The summed E-state index contributed by atoms with van der Waals surface area (Å²) < 4.78 is 7.90. The molecule has 0 unspecified atom stereocenters. The Kier molecular flexibility index (Phi) is 4.88. The zero-order valence-electron chi connectivity index (χ0n) is 18.2. The summed E-state index contributed by atoms with van der Waals surface area (Å²) in [6.45, 7) is 0.156. The fraction of sp³-hybridized carbons (Fsp3) is 0.0357. The molecule has 34 heavy (non-hydrogen) atoms. The first-order valence-corrected chi connectivity index (χ1v) is 11.0. The first-order valence-electron chi connectivity index (χ1n) is 11.0. The minimum absolute atomic E-state index is 0.112. The lowest BCUT2D eigenvalue weighted by Crippen LogP contribution is -2.18. The number of carbonyl (C=O) groups is 1. The number of rotatable bonds is 5. The maximum Gasteiger partial charge on any atom is 0.250 e. The van der Waals surface area contributed by atoms with Crippen LogP contribution in [0.25, 0.3) is 44.6 Å². The zero-order valence-corrected chi connectivity index (χ0v) is 18.2. The highest BCUT2D eigenvalue weighted by atomic mass is 16.4. The van der Waals surface area contributed by atoms with Gasteiger partial charge in [0.1, 0.15) is 6.54 Å². The summed E-state index contributed by atoms with van der Waals surface area (Å²) >= 11 is 0. The minimum Gasteiger partial charge on any atom is -0.416 e. The van der Waals surface area contributed by atoms with E-state index in [0.717, 1.165) is 38.5 Å². The molecule has 0 spiro atoms. The maximum atomic E-state index is 13.0. The largest absolute Gasteiger partial charge is 0.416 e. The van der Waals surface area contributed by atoms with E-state index in [-0.39, 0.29) is 12.5 Å². The van der Waals surface area contributed by atoms with Gasteiger partial charge in [-0.25, -0.2) is 0 Å². The molecule has 2 aromatic heterocycles. The molecule has 0 bridgehead atoms. The van der Waals surface area contributed by atoms with Crippen LogP contribution in [-0.2, 0) is 11.3 Å². The lowest BCUT2D eigenvalue weighted by molar-refractivity contribution is -0.116. The Morgan fingerprint density at radius 2 is 1.47 bits per heavy atom. The second-order valence-corrected chi connectivity index (χ2v) is 8.04. The first-order chi connectivity index (χ1) is 16.8. The van der Waals surface area contributed by atoms with Crippen molar-refractivity contribution in [1.82, 2.24) is 14.8 Å². The Bertz CT molecular complexity index is 1630. The van der Waals surface area contributed by atoms with Crippen molar-refractivity contribution in [2.45, 2.75) is 6.54 Å². The van der Waals surface area contributed by atoms with Crippen LogP contribution < -0.4 is 5.32 Å². The third-order valence-corrected chi connectivity index (χ3v) is 5.84. The Labute approximate surface area is 195 Å². The van der Waals surface area contributed by atoms with Crippen LogP contribution in [0.15, 0.2) is 108 Å². The Morgan fingerprint density at radius 1 is 0.765 bits per heavy atom. The predicted molar refractivity (Wildman–Crippen MR) is 133 cm³/mol. The highest BCUT2D eigenvalue weighted by Gasteiger charge is 2.18. The third kappa shape index (κ3) is 3.61. The number of fused-ring (bicyclic) bond motifs is 2. The summed E-state index contributed by atoms with van der Waals surface area (Å²) in [5, 5.41) is 14.6. The molecule has 4 aromatic carbocycles. The van der Waals surface area contributed by atoms with E-state index in [0.29, 0.717) is 11.8 Å². The molecular formula is C28H20N4O2. The molecule has 6 aromatic rings. The van der Waals surface area contributed by atoms with Crippen LogP contribution in [0.1, 0.15) is 0 Å². The lowest BCUT2D eigenvalue weighted by atomic mass is 10.1. The molecular weight excluding hydrogens is 424 g/mol. The van der Waals surface area contributed by atoms with E-state index < -0.39 is 0 Å². The number of hydrogen-bond acceptors (Lipinski definition) is 4. The minimum atomic E-state index is -0.112. The van der Waals surface area contributed by atoms with Gasteiger partial charge in [0.2, 0.25) is 17.7 Å². The van der Waals surface area contributed by atoms with Crippen molar-refractivity contribution in [3.05, 3.63) is 103 Å². The van der Waals surface area contributed by atoms with Crippen molar-refractivity contribution in [2.24, 2.45) is 0 Å². The number of aromatic nitrogens is 3. The van der Waals surface area contributed by atoms with Gasteiger partial charge in [-0.1, -0.05) is 72.8 Å². The topological polar surface area (TPSA) is 73.0 Å². The molecule has 0 radical (unpaired) electrons. The van der Waals surface area contributed by atoms with Crippen LogP contribution in [0.3, 0.4) is 0 Å². The van der Waals surface area contributed by atoms with Crippen LogP contribution in [0.4, 0.5) is 5.69 Å². The smallest absolute Gasteiger partial charge is 0.250 e. The predicted octanol–water partition coefficient (Wildman–Crippen LogP) is 6.15. The number of amides is 1. The van der Waals surface area contributed by atoms with Gasteiger partial charge in [0.25, 0.3) is 0 Å². The van der Waals surface area contributed by atoms with Gasteiger partial charge in [0, 0.05) is 33.7 Å². The van der Waals surface area contributed by atoms with Crippen molar-refractivity contribution >= 4 is 33.3 Å². The van der Waals surface area contributed by atoms with Crippen molar-refractivity contribution in [2.75, 3.05) is 5.32 Å². The number of hydrogen-bond donors (Lipinski definition) is 1. The van der Waals surface area contributed by atoms with Gasteiger partial charge in [-0.2, -0.15) is 0 Å². The van der Waals surface area contributed by atoms with Crippen molar-refractivity contribution in [3.8, 4) is 22.9 Å². The molecule has 0 fully saturated rings. The van der Waals surface area contributed by atoms with E-state index in [4.69, 9.17) is 4.42 Å². The second-order valence-electron chi connectivity index (χ2n) is 8.04. The number of benzene rings is 4. The number of anilines is 1. The summed E-state index contributed by atoms with van der Waals surface area (Å²) in [4.78, 5) is 13.0. The molecule has 0 atom stereocenters. The summed E-state index contributed by atoms with van der Waals surface area (Å²) in [6, 6.07) is 31.4. The molecule has 164 valence electrons. The van der Waals surface area contributed by atoms with Crippen LogP contribution in [-0.4, -0.2) is 20.7 Å². The molecule has 6 heteroatoms. The Morgan fingerprint density at radius 3 is 2.35 bits per heavy atom. The molecule has 6 nitrogen and oxygen atoms in total. The van der Waals surface area contributed by atoms with Crippen molar-refractivity contribution in [3.63, 3.8) is 0 Å². The average Bonchev–Trinajstić information content (AvgIpc) is 3.50. The van der Waals surface area contributed by atoms with Crippen molar-refractivity contribution in [1.29, 1.82) is 0 Å². The normalized spacial score (nSPS) is 11.2. The van der Waals surface area contributed by atoms with Gasteiger partial charge in [-0.05, 0) is 29.7 Å². The van der Waals surface area contributed by atoms with E-state index >= 15 is 0 Å². The van der Waals surface area contributed by atoms with Gasteiger partial charge >= 0.3 is 0 Å². The third-order valence-electron chi connectivity index (χ3n) is 5.84. The number of para-hydroxylation sites is 1. The van der Waals surface area contributed by atoms with Gasteiger partial charge < -0.3 is 14.3 Å². The van der Waals surface area contributed by atoms with E-state index in [1.165, 1.54) is 0 Å². The first kappa shape index (κ1) is 19.9. The summed E-state index contributed by atoms with van der Waals surface area (Å²) in [6.07, 6.45) is 1.90. The monoisotopic (exact) mass is 444 g/mol. The second kappa shape index (κ2) is 8.33. The molecule has 1 amide bonds. The number of carbonyl (C=O) groups excluding carboxylic acids is 1. The fourth-order valence-corrected chi connectivity index (χ4v) is 4.26. The van der Waals surface area contributed by atoms with E-state index in [2.05, 4.69) is 15.5 Å².